The molecule has 2 saturated carbocycles. The van der Waals surface area contributed by atoms with E-state index < -0.39 is 23.5 Å². The number of hydrogen-bond acceptors (Lipinski definition) is 4. The van der Waals surface area contributed by atoms with E-state index in [2.05, 4.69) is 50.9 Å². The highest BCUT2D eigenvalue weighted by Gasteiger charge is 2.75. The molecule has 0 unspecified atom stereocenters. The predicted molar refractivity (Wildman–Crippen MR) is 132 cm³/mol. The van der Waals surface area contributed by atoms with Gasteiger partial charge in [0, 0.05) is 36.8 Å². The summed E-state index contributed by atoms with van der Waals surface area (Å²) in [7, 11) is 1.72. The molecule has 184 valence electrons. The fourth-order valence-corrected chi connectivity index (χ4v) is 8.38. The number of hydrogen-bond donors (Lipinski definition) is 3. The molecular formula is C29H39NO4. The lowest BCUT2D eigenvalue weighted by Gasteiger charge is -2.50. The van der Waals surface area contributed by atoms with Gasteiger partial charge in [0.1, 0.15) is 0 Å². The van der Waals surface area contributed by atoms with Crippen molar-refractivity contribution in [2.24, 2.45) is 40.9 Å². The molecule has 1 aromatic carbocycles. The molecule has 1 spiro atoms. The van der Waals surface area contributed by atoms with Gasteiger partial charge in [-0.1, -0.05) is 62.4 Å². The smallest absolute Gasteiger partial charge is 0.229 e. The van der Waals surface area contributed by atoms with Gasteiger partial charge in [-0.3, -0.25) is 4.79 Å². The predicted octanol–water partition coefficient (Wildman–Crippen LogP) is 3.51. The maximum Gasteiger partial charge on any atom is 0.229 e. The average molecular weight is 466 g/mol. The second kappa shape index (κ2) is 8.61. The van der Waals surface area contributed by atoms with E-state index in [1.54, 1.807) is 7.11 Å². The van der Waals surface area contributed by atoms with Gasteiger partial charge in [0.15, 0.2) is 0 Å². The van der Waals surface area contributed by atoms with Crippen LogP contribution in [0.15, 0.2) is 54.1 Å². The number of benzene rings is 1. The molecule has 3 aliphatic carbocycles. The van der Waals surface area contributed by atoms with Crippen molar-refractivity contribution < 1.29 is 19.7 Å². The molecule has 0 aromatic heterocycles. The van der Waals surface area contributed by atoms with Crippen LogP contribution in [0.4, 0.5) is 0 Å². The van der Waals surface area contributed by atoms with E-state index in [4.69, 9.17) is 4.74 Å². The number of rotatable bonds is 3. The number of amides is 1. The van der Waals surface area contributed by atoms with Crippen molar-refractivity contribution in [1.82, 2.24) is 5.32 Å². The SMILES string of the molecule is C=C1[C@@H](C)[C@H]2[C@H](Cc3ccccc3)NC(=O)[C@@]23[C@@H]([C@@H]2[C@H](C=C(C)C[C@@H](C)C[C@H]2OC)[C@H]3O)[C@@H]1O. The molecule has 1 saturated heterocycles. The molecule has 1 amide bonds. The normalized spacial score (nSPS) is 46.0. The molecule has 1 heterocycles. The third-order valence-corrected chi connectivity index (χ3v) is 9.62. The van der Waals surface area contributed by atoms with Crippen LogP contribution in [0.1, 0.15) is 39.2 Å². The third kappa shape index (κ3) is 3.27. The van der Waals surface area contributed by atoms with Crippen molar-refractivity contribution in [2.75, 3.05) is 7.11 Å². The van der Waals surface area contributed by atoms with Crippen LogP contribution in [0.3, 0.4) is 0 Å². The van der Waals surface area contributed by atoms with Crippen molar-refractivity contribution in [3.63, 3.8) is 0 Å². The Balaban J connectivity index is 1.65. The van der Waals surface area contributed by atoms with Gasteiger partial charge in [0.25, 0.3) is 0 Å². The molecule has 11 atom stereocenters. The van der Waals surface area contributed by atoms with Crippen molar-refractivity contribution >= 4 is 5.91 Å². The Kier molecular flexibility index (Phi) is 6.02. The van der Waals surface area contributed by atoms with Crippen LogP contribution in [-0.4, -0.2) is 47.6 Å². The van der Waals surface area contributed by atoms with Crippen molar-refractivity contribution in [3.8, 4) is 0 Å². The van der Waals surface area contributed by atoms with Gasteiger partial charge >= 0.3 is 0 Å². The van der Waals surface area contributed by atoms with Crippen LogP contribution in [0.25, 0.3) is 0 Å². The number of nitrogens with one attached hydrogen (secondary N) is 1. The second-order valence-electron chi connectivity index (χ2n) is 11.5. The lowest BCUT2D eigenvalue weighted by atomic mass is 9.53. The Morgan fingerprint density at radius 3 is 2.56 bits per heavy atom. The summed E-state index contributed by atoms with van der Waals surface area (Å²) in [6.07, 6.45) is 2.81. The molecule has 0 bridgehead atoms. The zero-order valence-corrected chi connectivity index (χ0v) is 20.8. The van der Waals surface area contributed by atoms with E-state index in [9.17, 15) is 15.0 Å². The van der Waals surface area contributed by atoms with E-state index in [1.165, 1.54) is 5.57 Å². The van der Waals surface area contributed by atoms with E-state index in [0.717, 1.165) is 24.0 Å². The Bertz CT molecular complexity index is 989. The number of aliphatic hydroxyl groups is 2. The average Bonchev–Trinajstić information content (AvgIpc) is 3.22. The van der Waals surface area contributed by atoms with Crippen molar-refractivity contribution in [1.29, 1.82) is 0 Å². The first-order valence-electron chi connectivity index (χ1n) is 12.8. The first-order valence-corrected chi connectivity index (χ1v) is 12.8. The van der Waals surface area contributed by atoms with E-state index in [0.29, 0.717) is 12.3 Å². The molecule has 4 aliphatic rings. The summed E-state index contributed by atoms with van der Waals surface area (Å²) in [6.45, 7) is 10.7. The number of fused-ring (bicyclic) bond motifs is 2. The topological polar surface area (TPSA) is 78.8 Å². The molecule has 5 rings (SSSR count). The van der Waals surface area contributed by atoms with E-state index >= 15 is 0 Å². The highest BCUT2D eigenvalue weighted by atomic mass is 16.5. The summed E-state index contributed by atoms with van der Waals surface area (Å²) in [5, 5.41) is 27.0. The van der Waals surface area contributed by atoms with Gasteiger partial charge in [-0.25, -0.2) is 0 Å². The number of aliphatic hydroxyl groups excluding tert-OH is 2. The summed E-state index contributed by atoms with van der Waals surface area (Å²) < 4.78 is 6.04. The van der Waals surface area contributed by atoms with Gasteiger partial charge in [0.2, 0.25) is 5.91 Å². The van der Waals surface area contributed by atoms with Crippen LogP contribution in [0.2, 0.25) is 0 Å². The quantitative estimate of drug-likeness (QED) is 0.597. The van der Waals surface area contributed by atoms with E-state index in [-0.39, 0.29) is 41.7 Å². The number of carbonyl (C=O) groups is 1. The third-order valence-electron chi connectivity index (χ3n) is 9.62. The van der Waals surface area contributed by atoms with E-state index in [1.807, 2.05) is 18.2 Å². The summed E-state index contributed by atoms with van der Waals surface area (Å²) in [6, 6.07) is 10.1. The minimum atomic E-state index is -1.06. The molecule has 5 nitrogen and oxygen atoms in total. The fraction of sp³-hybridized carbons (Fsp3) is 0.621. The van der Waals surface area contributed by atoms with Crippen LogP contribution in [-0.2, 0) is 16.0 Å². The van der Waals surface area contributed by atoms with Gasteiger partial charge in [-0.05, 0) is 49.2 Å². The highest BCUT2D eigenvalue weighted by molar-refractivity contribution is 5.88. The zero-order valence-electron chi connectivity index (χ0n) is 20.8. The van der Waals surface area contributed by atoms with Gasteiger partial charge < -0.3 is 20.3 Å². The highest BCUT2D eigenvalue weighted by Crippen LogP contribution is 2.67. The minimum absolute atomic E-state index is 0.0944. The molecule has 5 heteroatoms. The fourth-order valence-electron chi connectivity index (χ4n) is 8.38. The lowest BCUT2D eigenvalue weighted by molar-refractivity contribution is -0.150. The van der Waals surface area contributed by atoms with Crippen molar-refractivity contribution in [2.45, 2.75) is 64.4 Å². The number of methoxy groups -OCH3 is 1. The van der Waals surface area contributed by atoms with Crippen LogP contribution in [0, 0.1) is 40.9 Å². The standard InChI is InChI=1S/C29H39NO4/c1-15-11-16(2)13-22(34-5)23-20(12-15)27(32)29-24(17(3)18(4)26(31)25(23)29)21(30-28(29)33)14-19-9-7-6-8-10-19/h6-10,12,16-17,20-27,31-32H,4,11,13-14H2,1-3,5H3,(H,30,33)/t16-,17-,20+,21+,22-,23-,24+,25+,26-,27-,29-/m1/s1. The summed E-state index contributed by atoms with van der Waals surface area (Å²) >= 11 is 0. The molecule has 1 aliphatic heterocycles. The Hall–Kier alpha value is -1.95. The Morgan fingerprint density at radius 1 is 1.18 bits per heavy atom. The number of carbonyl (C=O) groups excluding carboxylic acids is 1. The maximum atomic E-state index is 14.0. The zero-order chi connectivity index (χ0) is 24.4. The number of allylic oxidation sites excluding steroid dienone is 1. The molecular weight excluding hydrogens is 426 g/mol. The van der Waals surface area contributed by atoms with Crippen LogP contribution < -0.4 is 5.32 Å². The maximum absolute atomic E-state index is 14.0. The molecule has 1 aromatic rings. The van der Waals surface area contributed by atoms with Gasteiger partial charge in [-0.15, -0.1) is 0 Å². The molecule has 0 radical (unpaired) electrons. The van der Waals surface area contributed by atoms with Crippen LogP contribution >= 0.6 is 0 Å². The van der Waals surface area contributed by atoms with Gasteiger partial charge in [-0.2, -0.15) is 0 Å². The van der Waals surface area contributed by atoms with Gasteiger partial charge in [0.05, 0.1) is 23.7 Å². The molecule has 3 fully saturated rings. The largest absolute Gasteiger partial charge is 0.391 e. The molecule has 3 N–H and O–H groups in total. The Morgan fingerprint density at radius 2 is 1.88 bits per heavy atom. The first-order chi connectivity index (χ1) is 16.2. The number of ether oxygens (including phenoxy) is 1. The second-order valence-corrected chi connectivity index (χ2v) is 11.5. The lowest BCUT2D eigenvalue weighted by Crippen LogP contribution is -2.58. The summed E-state index contributed by atoms with van der Waals surface area (Å²) in [4.78, 5) is 14.0. The monoisotopic (exact) mass is 465 g/mol. The summed E-state index contributed by atoms with van der Waals surface area (Å²) in [5.41, 5.74) is 2.11. The Labute approximate surface area is 203 Å². The minimum Gasteiger partial charge on any atom is -0.391 e. The summed E-state index contributed by atoms with van der Waals surface area (Å²) in [5.74, 6) is -0.746. The van der Waals surface area contributed by atoms with Crippen molar-refractivity contribution in [3.05, 3.63) is 59.7 Å². The first kappa shape index (κ1) is 23.8. The van der Waals surface area contributed by atoms with Crippen LogP contribution in [0.5, 0.6) is 0 Å². The molecule has 34 heavy (non-hydrogen) atoms.